The Morgan fingerprint density at radius 2 is 2.27 bits per heavy atom. The third-order valence-corrected chi connectivity index (χ3v) is 1.50. The Morgan fingerprint density at radius 3 is 2.73 bits per heavy atom. The molecule has 0 aliphatic carbocycles. The van der Waals surface area contributed by atoms with E-state index in [1.165, 1.54) is 0 Å². The van der Waals surface area contributed by atoms with Gasteiger partial charge in [-0.2, -0.15) is 0 Å². The zero-order chi connectivity index (χ0) is 8.27. The van der Waals surface area contributed by atoms with Crippen LogP contribution in [0.1, 0.15) is 11.1 Å². The van der Waals surface area contributed by atoms with Crippen molar-refractivity contribution >= 4 is 11.8 Å². The third kappa shape index (κ3) is 1.25. The van der Waals surface area contributed by atoms with Crippen LogP contribution in [0, 0.1) is 12.3 Å². The van der Waals surface area contributed by atoms with Crippen molar-refractivity contribution in [3.63, 3.8) is 0 Å². The van der Waals surface area contributed by atoms with E-state index >= 15 is 0 Å². The number of nitrogens with two attached hydrogens (primary N) is 1. The smallest absolute Gasteiger partial charge is 0.0400 e. The van der Waals surface area contributed by atoms with Crippen molar-refractivity contribution in [3.8, 4) is 12.3 Å². The molecule has 1 rings (SSSR count). The van der Waals surface area contributed by atoms with E-state index in [4.69, 9.17) is 12.2 Å². The predicted molar refractivity (Wildman–Crippen MR) is 48.9 cm³/mol. The lowest BCUT2D eigenvalue weighted by Gasteiger charge is -2.01. The molecule has 0 atom stereocenters. The number of hydrogen-bond acceptors (Lipinski definition) is 1. The van der Waals surface area contributed by atoms with Gasteiger partial charge in [0.25, 0.3) is 0 Å². The zero-order valence-corrected chi connectivity index (χ0v) is 6.17. The second-order valence-corrected chi connectivity index (χ2v) is 2.16. The number of hydrogen-bond donors (Lipinski definition) is 1. The van der Waals surface area contributed by atoms with Crippen molar-refractivity contribution in [1.29, 1.82) is 0 Å². The molecule has 11 heavy (non-hydrogen) atoms. The maximum Gasteiger partial charge on any atom is 0.0400 e. The van der Waals surface area contributed by atoms with Crippen LogP contribution in [0.15, 0.2) is 24.8 Å². The van der Waals surface area contributed by atoms with Gasteiger partial charge in [-0.3, -0.25) is 0 Å². The molecule has 0 bridgehead atoms. The molecule has 0 aliphatic heterocycles. The SMILES string of the molecule is C#Cc1cccc(N)c1C=C. The van der Waals surface area contributed by atoms with Gasteiger partial charge in [0.15, 0.2) is 0 Å². The first-order valence-corrected chi connectivity index (χ1v) is 3.27. The molecule has 0 amide bonds. The summed E-state index contributed by atoms with van der Waals surface area (Å²) < 4.78 is 0. The normalized spacial score (nSPS) is 8.64. The van der Waals surface area contributed by atoms with Crippen LogP contribution in [-0.4, -0.2) is 0 Å². The maximum atomic E-state index is 5.64. The summed E-state index contributed by atoms with van der Waals surface area (Å²) >= 11 is 0. The average Bonchev–Trinajstić information content (AvgIpc) is 2.04. The van der Waals surface area contributed by atoms with Crippen molar-refractivity contribution in [2.45, 2.75) is 0 Å². The quantitative estimate of drug-likeness (QED) is 0.471. The number of benzene rings is 1. The summed E-state index contributed by atoms with van der Waals surface area (Å²) in [6.07, 6.45) is 6.91. The molecule has 0 aromatic heterocycles. The lowest BCUT2D eigenvalue weighted by atomic mass is 10.1. The standard InChI is InChI=1S/C10H9N/c1-3-8-6-5-7-10(11)9(8)4-2/h1,4-7H,2,11H2. The molecule has 54 valence electrons. The second-order valence-electron chi connectivity index (χ2n) is 2.16. The Balaban J connectivity index is 3.38. The van der Waals surface area contributed by atoms with Crippen molar-refractivity contribution in [2.24, 2.45) is 0 Å². The van der Waals surface area contributed by atoms with Crippen LogP contribution >= 0.6 is 0 Å². The fourth-order valence-electron chi connectivity index (χ4n) is 0.937. The van der Waals surface area contributed by atoms with Crippen LogP contribution in [-0.2, 0) is 0 Å². The first-order chi connectivity index (χ1) is 5.29. The largest absolute Gasteiger partial charge is 0.398 e. The molecule has 0 saturated heterocycles. The minimum Gasteiger partial charge on any atom is -0.398 e. The first-order valence-electron chi connectivity index (χ1n) is 3.27. The highest BCUT2D eigenvalue weighted by Crippen LogP contribution is 2.16. The summed E-state index contributed by atoms with van der Waals surface area (Å²) in [6, 6.07) is 5.47. The number of anilines is 1. The molecule has 1 heteroatoms. The third-order valence-electron chi connectivity index (χ3n) is 1.50. The Kier molecular flexibility index (Phi) is 1.98. The molecule has 0 fully saturated rings. The fraction of sp³-hybridized carbons (Fsp3) is 0. The van der Waals surface area contributed by atoms with Gasteiger partial charge in [-0.05, 0) is 12.1 Å². The molecule has 1 aromatic carbocycles. The summed E-state index contributed by atoms with van der Waals surface area (Å²) in [7, 11) is 0. The van der Waals surface area contributed by atoms with Gasteiger partial charge in [0, 0.05) is 16.8 Å². The topological polar surface area (TPSA) is 26.0 Å². The summed E-state index contributed by atoms with van der Waals surface area (Å²) in [5, 5.41) is 0. The highest BCUT2D eigenvalue weighted by atomic mass is 14.6. The Hall–Kier alpha value is -1.68. The van der Waals surface area contributed by atoms with Crippen LogP contribution in [0.2, 0.25) is 0 Å². The summed E-state index contributed by atoms with van der Waals surface area (Å²) in [5.41, 5.74) is 7.95. The van der Waals surface area contributed by atoms with Gasteiger partial charge in [0.2, 0.25) is 0 Å². The molecule has 0 aliphatic rings. The first kappa shape index (κ1) is 7.43. The molecule has 1 nitrogen and oxygen atoms in total. The van der Waals surface area contributed by atoms with E-state index in [9.17, 15) is 0 Å². The van der Waals surface area contributed by atoms with E-state index in [2.05, 4.69) is 12.5 Å². The van der Waals surface area contributed by atoms with Crippen LogP contribution in [0.25, 0.3) is 6.08 Å². The molecule has 2 N–H and O–H groups in total. The molecule has 0 heterocycles. The van der Waals surface area contributed by atoms with Crippen molar-refractivity contribution in [3.05, 3.63) is 35.9 Å². The van der Waals surface area contributed by atoms with Crippen LogP contribution in [0.3, 0.4) is 0 Å². The number of rotatable bonds is 1. The van der Waals surface area contributed by atoms with E-state index in [1.54, 1.807) is 12.1 Å². The fourth-order valence-corrected chi connectivity index (χ4v) is 0.937. The minimum absolute atomic E-state index is 0.676. The summed E-state index contributed by atoms with van der Waals surface area (Å²) in [4.78, 5) is 0. The van der Waals surface area contributed by atoms with Gasteiger partial charge in [-0.25, -0.2) is 0 Å². The average molecular weight is 143 g/mol. The van der Waals surface area contributed by atoms with E-state index in [0.29, 0.717) is 5.69 Å². The van der Waals surface area contributed by atoms with Gasteiger partial charge < -0.3 is 5.73 Å². The zero-order valence-electron chi connectivity index (χ0n) is 6.17. The summed E-state index contributed by atoms with van der Waals surface area (Å²) in [6.45, 7) is 3.62. The van der Waals surface area contributed by atoms with E-state index in [1.807, 2.05) is 12.1 Å². The van der Waals surface area contributed by atoms with E-state index in [-0.39, 0.29) is 0 Å². The molecular formula is C10H9N. The maximum absolute atomic E-state index is 5.64. The van der Waals surface area contributed by atoms with Crippen LogP contribution < -0.4 is 5.73 Å². The molecule has 1 aromatic rings. The van der Waals surface area contributed by atoms with Crippen molar-refractivity contribution in [2.75, 3.05) is 5.73 Å². The lowest BCUT2D eigenvalue weighted by Crippen LogP contribution is -1.91. The van der Waals surface area contributed by atoms with Gasteiger partial charge >= 0.3 is 0 Å². The highest BCUT2D eigenvalue weighted by molar-refractivity contribution is 5.69. The lowest BCUT2D eigenvalue weighted by molar-refractivity contribution is 1.59. The van der Waals surface area contributed by atoms with Gasteiger partial charge in [-0.15, -0.1) is 6.42 Å². The molecule has 0 unspecified atom stereocenters. The summed E-state index contributed by atoms with van der Waals surface area (Å²) in [5.74, 6) is 2.54. The number of nitrogen functional groups attached to an aromatic ring is 1. The monoisotopic (exact) mass is 143 g/mol. The van der Waals surface area contributed by atoms with Crippen molar-refractivity contribution in [1.82, 2.24) is 0 Å². The molecule has 0 saturated carbocycles. The van der Waals surface area contributed by atoms with Gasteiger partial charge in [0.1, 0.15) is 0 Å². The van der Waals surface area contributed by atoms with Crippen LogP contribution in [0.5, 0.6) is 0 Å². The Bertz CT molecular complexity index is 318. The number of terminal acetylenes is 1. The molecule has 0 radical (unpaired) electrons. The predicted octanol–water partition coefficient (Wildman–Crippen LogP) is 1.89. The van der Waals surface area contributed by atoms with Gasteiger partial charge in [0.05, 0.1) is 0 Å². The molecular weight excluding hydrogens is 134 g/mol. The van der Waals surface area contributed by atoms with E-state index < -0.39 is 0 Å². The minimum atomic E-state index is 0.676. The Labute approximate surface area is 66.5 Å². The second kappa shape index (κ2) is 2.94. The molecule has 0 spiro atoms. The highest BCUT2D eigenvalue weighted by Gasteiger charge is 1.97. The van der Waals surface area contributed by atoms with Gasteiger partial charge in [-0.1, -0.05) is 24.6 Å². The van der Waals surface area contributed by atoms with E-state index in [0.717, 1.165) is 11.1 Å². The Morgan fingerprint density at radius 1 is 1.55 bits per heavy atom. The van der Waals surface area contributed by atoms with Crippen LogP contribution in [0.4, 0.5) is 5.69 Å². The van der Waals surface area contributed by atoms with Crippen molar-refractivity contribution < 1.29 is 0 Å².